The molecule has 1 aromatic rings. The monoisotopic (exact) mass is 261 g/mol. The normalized spacial score (nSPS) is 20.4. The number of pyridine rings is 1. The van der Waals surface area contributed by atoms with Crippen molar-refractivity contribution < 1.29 is 0 Å². The molecule has 0 bridgehead atoms. The maximum absolute atomic E-state index is 5.83. The Balaban J connectivity index is 2.27. The molecule has 0 aliphatic carbocycles. The molecule has 0 amide bonds. The van der Waals surface area contributed by atoms with Gasteiger partial charge in [0.15, 0.2) is 0 Å². The molecule has 2 heterocycles. The summed E-state index contributed by atoms with van der Waals surface area (Å²) in [5, 5.41) is 0. The van der Waals surface area contributed by atoms with Crippen LogP contribution in [0.3, 0.4) is 0 Å². The molecule has 1 aliphatic rings. The third-order valence-electron chi connectivity index (χ3n) is 4.01. The van der Waals surface area contributed by atoms with Crippen molar-refractivity contribution in [3.8, 4) is 0 Å². The Kier molecular flexibility index (Phi) is 5.20. The van der Waals surface area contributed by atoms with Gasteiger partial charge in [-0.15, -0.1) is 0 Å². The van der Waals surface area contributed by atoms with E-state index in [1.54, 1.807) is 0 Å². The van der Waals surface area contributed by atoms with E-state index in [-0.39, 0.29) is 0 Å². The van der Waals surface area contributed by atoms with E-state index in [2.05, 4.69) is 30.9 Å². The fourth-order valence-electron chi connectivity index (χ4n) is 2.90. The third kappa shape index (κ3) is 3.69. The van der Waals surface area contributed by atoms with Crippen molar-refractivity contribution >= 4 is 5.82 Å². The van der Waals surface area contributed by atoms with E-state index >= 15 is 0 Å². The van der Waals surface area contributed by atoms with Crippen LogP contribution in [0.25, 0.3) is 0 Å². The van der Waals surface area contributed by atoms with Gasteiger partial charge in [-0.2, -0.15) is 0 Å². The zero-order valence-electron chi connectivity index (χ0n) is 12.4. The van der Waals surface area contributed by atoms with Gasteiger partial charge >= 0.3 is 0 Å². The van der Waals surface area contributed by atoms with Crippen LogP contribution in [0.15, 0.2) is 12.1 Å². The lowest BCUT2D eigenvalue weighted by atomic mass is 10.1. The largest absolute Gasteiger partial charge is 0.354 e. The average Bonchev–Trinajstić information content (AvgIpc) is 2.63. The number of rotatable bonds is 4. The summed E-state index contributed by atoms with van der Waals surface area (Å²) in [4.78, 5) is 7.33. The highest BCUT2D eigenvalue weighted by Crippen LogP contribution is 2.24. The van der Waals surface area contributed by atoms with Crippen LogP contribution in [0, 0.1) is 0 Å². The third-order valence-corrected chi connectivity index (χ3v) is 4.01. The molecule has 1 fully saturated rings. The molecule has 1 aliphatic heterocycles. The highest BCUT2D eigenvalue weighted by molar-refractivity contribution is 5.44. The molecule has 0 aromatic carbocycles. The molecule has 1 atom stereocenters. The average molecular weight is 261 g/mol. The van der Waals surface area contributed by atoms with Crippen LogP contribution in [-0.4, -0.2) is 17.6 Å². The number of hydrogen-bond acceptors (Lipinski definition) is 3. The first-order chi connectivity index (χ1) is 9.24. The Morgan fingerprint density at radius 2 is 2.16 bits per heavy atom. The molecule has 2 N–H and O–H groups in total. The van der Waals surface area contributed by atoms with Crippen molar-refractivity contribution in [3.05, 3.63) is 23.4 Å². The quantitative estimate of drug-likeness (QED) is 0.904. The minimum absolute atomic E-state index is 0.595. The van der Waals surface area contributed by atoms with Gasteiger partial charge in [0, 0.05) is 24.8 Å². The Morgan fingerprint density at radius 3 is 2.89 bits per heavy atom. The molecule has 106 valence electrons. The maximum Gasteiger partial charge on any atom is 0.129 e. The zero-order valence-corrected chi connectivity index (χ0v) is 12.4. The molecule has 1 saturated heterocycles. The number of nitrogens with two attached hydrogens (primary N) is 1. The van der Waals surface area contributed by atoms with Crippen LogP contribution in [-0.2, 0) is 13.0 Å². The predicted molar refractivity (Wildman–Crippen MR) is 81.4 cm³/mol. The van der Waals surface area contributed by atoms with Crippen molar-refractivity contribution in [2.45, 2.75) is 65.0 Å². The van der Waals surface area contributed by atoms with Crippen LogP contribution in [0.2, 0.25) is 0 Å². The van der Waals surface area contributed by atoms with E-state index in [9.17, 15) is 0 Å². The van der Waals surface area contributed by atoms with Crippen molar-refractivity contribution in [1.82, 2.24) is 4.98 Å². The summed E-state index contributed by atoms with van der Waals surface area (Å²) in [5.41, 5.74) is 8.24. The zero-order chi connectivity index (χ0) is 13.7. The number of hydrogen-bond donors (Lipinski definition) is 1. The Hall–Kier alpha value is -1.09. The van der Waals surface area contributed by atoms with Crippen LogP contribution in [0.5, 0.6) is 0 Å². The van der Waals surface area contributed by atoms with E-state index in [1.807, 2.05) is 0 Å². The summed E-state index contributed by atoms with van der Waals surface area (Å²) in [6.45, 7) is 6.26. The molecule has 0 radical (unpaired) electrons. The van der Waals surface area contributed by atoms with Gasteiger partial charge in [0.1, 0.15) is 5.82 Å². The molecule has 0 spiro atoms. The second kappa shape index (κ2) is 6.90. The van der Waals surface area contributed by atoms with E-state index in [0.717, 1.165) is 25.2 Å². The lowest BCUT2D eigenvalue weighted by molar-refractivity contribution is 0.609. The van der Waals surface area contributed by atoms with E-state index in [1.165, 1.54) is 36.9 Å². The van der Waals surface area contributed by atoms with Gasteiger partial charge in [-0.3, -0.25) is 0 Å². The number of nitrogens with zero attached hydrogens (tertiary/aromatic N) is 2. The van der Waals surface area contributed by atoms with Gasteiger partial charge in [-0.25, -0.2) is 4.98 Å². The van der Waals surface area contributed by atoms with Gasteiger partial charge < -0.3 is 10.6 Å². The first-order valence-corrected chi connectivity index (χ1v) is 7.71. The molecule has 3 nitrogen and oxygen atoms in total. The van der Waals surface area contributed by atoms with E-state index in [4.69, 9.17) is 10.7 Å². The van der Waals surface area contributed by atoms with E-state index < -0.39 is 0 Å². The molecule has 1 unspecified atom stereocenters. The van der Waals surface area contributed by atoms with Gasteiger partial charge in [-0.1, -0.05) is 26.2 Å². The minimum atomic E-state index is 0.595. The second-order valence-electron chi connectivity index (χ2n) is 5.67. The Bertz CT molecular complexity index is 403. The first-order valence-electron chi connectivity index (χ1n) is 7.71. The number of anilines is 1. The molecule has 3 heteroatoms. The highest BCUT2D eigenvalue weighted by atomic mass is 15.2. The fraction of sp³-hybridized carbons (Fsp3) is 0.688. The summed E-state index contributed by atoms with van der Waals surface area (Å²) < 4.78 is 0. The SMILES string of the molecule is CCCc1cc(CN)cc(N2CCCCCC2C)n1. The van der Waals surface area contributed by atoms with Gasteiger partial charge in [-0.05, 0) is 43.9 Å². The van der Waals surface area contributed by atoms with Crippen molar-refractivity contribution in [2.24, 2.45) is 5.73 Å². The van der Waals surface area contributed by atoms with Crippen molar-refractivity contribution in [3.63, 3.8) is 0 Å². The van der Waals surface area contributed by atoms with Gasteiger partial charge in [0.05, 0.1) is 0 Å². The van der Waals surface area contributed by atoms with Crippen molar-refractivity contribution in [1.29, 1.82) is 0 Å². The summed E-state index contributed by atoms with van der Waals surface area (Å²) in [6, 6.07) is 4.94. The Labute approximate surface area is 117 Å². The molecular formula is C16H27N3. The fourth-order valence-corrected chi connectivity index (χ4v) is 2.90. The predicted octanol–water partition coefficient (Wildman–Crippen LogP) is 3.26. The van der Waals surface area contributed by atoms with Crippen LogP contribution < -0.4 is 10.6 Å². The topological polar surface area (TPSA) is 42.1 Å². The summed E-state index contributed by atoms with van der Waals surface area (Å²) >= 11 is 0. The van der Waals surface area contributed by atoms with E-state index in [0.29, 0.717) is 12.6 Å². The van der Waals surface area contributed by atoms with Crippen molar-refractivity contribution in [2.75, 3.05) is 11.4 Å². The molecule has 19 heavy (non-hydrogen) atoms. The smallest absolute Gasteiger partial charge is 0.129 e. The van der Waals surface area contributed by atoms with Gasteiger partial charge in [0.2, 0.25) is 0 Å². The second-order valence-corrected chi connectivity index (χ2v) is 5.67. The van der Waals surface area contributed by atoms with Crippen LogP contribution >= 0.6 is 0 Å². The summed E-state index contributed by atoms with van der Waals surface area (Å²) in [5.74, 6) is 1.14. The summed E-state index contributed by atoms with van der Waals surface area (Å²) in [6.07, 6.45) is 7.42. The molecule has 0 saturated carbocycles. The first kappa shape index (κ1) is 14.3. The molecular weight excluding hydrogens is 234 g/mol. The van der Waals surface area contributed by atoms with Crippen LogP contribution in [0.1, 0.15) is 57.2 Å². The van der Waals surface area contributed by atoms with Gasteiger partial charge in [0.25, 0.3) is 0 Å². The molecule has 2 rings (SSSR count). The standard InChI is InChI=1S/C16H27N3/c1-3-7-15-10-14(12-17)11-16(18-15)19-9-6-4-5-8-13(19)2/h10-11,13H,3-9,12,17H2,1-2H3. The number of aromatic nitrogens is 1. The maximum atomic E-state index is 5.83. The van der Waals surface area contributed by atoms with Crippen LogP contribution in [0.4, 0.5) is 5.82 Å². The highest BCUT2D eigenvalue weighted by Gasteiger charge is 2.19. The molecule has 1 aromatic heterocycles. The lowest BCUT2D eigenvalue weighted by Crippen LogP contribution is -2.33. The summed E-state index contributed by atoms with van der Waals surface area (Å²) in [7, 11) is 0. The Morgan fingerprint density at radius 1 is 1.32 bits per heavy atom. The lowest BCUT2D eigenvalue weighted by Gasteiger charge is -2.29. The number of aryl methyl sites for hydroxylation is 1. The minimum Gasteiger partial charge on any atom is -0.354 e.